The van der Waals surface area contributed by atoms with Gasteiger partial charge in [-0.1, -0.05) is 23.7 Å². The molecule has 0 saturated carbocycles. The summed E-state index contributed by atoms with van der Waals surface area (Å²) < 4.78 is 0. The Balaban J connectivity index is 2.20. The Labute approximate surface area is 113 Å². The second-order valence-corrected chi connectivity index (χ2v) is 4.78. The first-order valence-corrected chi connectivity index (χ1v) is 6.41. The van der Waals surface area contributed by atoms with Crippen LogP contribution in [0.25, 0.3) is 0 Å². The maximum atomic E-state index is 11.6. The van der Waals surface area contributed by atoms with Gasteiger partial charge < -0.3 is 15.5 Å². The van der Waals surface area contributed by atoms with E-state index in [2.05, 4.69) is 15.5 Å². The van der Waals surface area contributed by atoms with Gasteiger partial charge >= 0.3 is 6.03 Å². The highest BCUT2D eigenvalue weighted by Crippen LogP contribution is 2.19. The Morgan fingerprint density at radius 2 is 2.00 bits per heavy atom. The van der Waals surface area contributed by atoms with E-state index in [-0.39, 0.29) is 6.03 Å². The van der Waals surface area contributed by atoms with Crippen molar-refractivity contribution >= 4 is 23.3 Å². The summed E-state index contributed by atoms with van der Waals surface area (Å²) in [5.74, 6) is 0. The van der Waals surface area contributed by atoms with Crippen LogP contribution in [-0.2, 0) is 0 Å². The van der Waals surface area contributed by atoms with Gasteiger partial charge in [0, 0.05) is 6.54 Å². The summed E-state index contributed by atoms with van der Waals surface area (Å²) in [6, 6.07) is 6.96. The molecule has 0 fully saturated rings. The molecule has 0 unspecified atom stereocenters. The maximum absolute atomic E-state index is 11.6. The van der Waals surface area contributed by atoms with Crippen molar-refractivity contribution in [3.8, 4) is 0 Å². The van der Waals surface area contributed by atoms with Crippen LogP contribution in [0.4, 0.5) is 10.5 Å². The number of carbonyl (C=O) groups excluding carboxylic acids is 1. The smallest absolute Gasteiger partial charge is 0.319 e. The topological polar surface area (TPSA) is 44.4 Å². The van der Waals surface area contributed by atoms with E-state index in [0.29, 0.717) is 17.3 Å². The second kappa shape index (κ2) is 7.95. The number of para-hydroxylation sites is 1. The average molecular weight is 270 g/mol. The summed E-state index contributed by atoms with van der Waals surface area (Å²) in [6.07, 6.45) is 2.04. The van der Waals surface area contributed by atoms with Crippen LogP contribution < -0.4 is 10.6 Å². The molecular formula is C13H20ClN3O. The number of hydrogen-bond acceptors (Lipinski definition) is 2. The lowest BCUT2D eigenvalue weighted by Gasteiger charge is -2.10. The van der Waals surface area contributed by atoms with Gasteiger partial charge in [0.2, 0.25) is 0 Å². The third-order valence-electron chi connectivity index (χ3n) is 2.44. The fourth-order valence-corrected chi connectivity index (χ4v) is 1.67. The number of rotatable bonds is 6. The van der Waals surface area contributed by atoms with Crippen LogP contribution in [0.15, 0.2) is 24.3 Å². The Morgan fingerprint density at radius 3 is 2.67 bits per heavy atom. The van der Waals surface area contributed by atoms with Crippen LogP contribution in [-0.4, -0.2) is 38.1 Å². The van der Waals surface area contributed by atoms with Crippen molar-refractivity contribution in [1.29, 1.82) is 0 Å². The van der Waals surface area contributed by atoms with Crippen molar-refractivity contribution in [2.75, 3.05) is 32.5 Å². The number of unbranched alkanes of at least 4 members (excludes halogenated alkanes) is 1. The highest BCUT2D eigenvalue weighted by atomic mass is 35.5. The predicted molar refractivity (Wildman–Crippen MR) is 76.3 cm³/mol. The lowest BCUT2D eigenvalue weighted by Crippen LogP contribution is -2.30. The standard InChI is InChI=1S/C13H20ClN3O/c1-17(2)10-6-5-9-15-13(18)16-12-8-4-3-7-11(12)14/h3-4,7-8H,5-6,9-10H2,1-2H3,(H2,15,16,18). The normalized spacial score (nSPS) is 10.4. The molecule has 1 rings (SSSR count). The van der Waals surface area contributed by atoms with Crippen molar-refractivity contribution in [3.05, 3.63) is 29.3 Å². The summed E-state index contributed by atoms with van der Waals surface area (Å²) in [5, 5.41) is 6.06. The van der Waals surface area contributed by atoms with Crippen LogP contribution in [0.5, 0.6) is 0 Å². The maximum Gasteiger partial charge on any atom is 0.319 e. The highest BCUT2D eigenvalue weighted by Gasteiger charge is 2.03. The van der Waals surface area contributed by atoms with Gasteiger partial charge in [0.05, 0.1) is 10.7 Å². The molecule has 100 valence electrons. The van der Waals surface area contributed by atoms with E-state index in [1.807, 2.05) is 26.2 Å². The van der Waals surface area contributed by atoms with Crippen LogP contribution >= 0.6 is 11.6 Å². The molecule has 0 radical (unpaired) electrons. The summed E-state index contributed by atoms with van der Waals surface area (Å²) in [7, 11) is 4.08. The van der Waals surface area contributed by atoms with Gasteiger partial charge in [-0.25, -0.2) is 4.79 Å². The molecule has 0 saturated heterocycles. The lowest BCUT2D eigenvalue weighted by molar-refractivity contribution is 0.251. The number of benzene rings is 1. The van der Waals surface area contributed by atoms with Gasteiger partial charge in [0.15, 0.2) is 0 Å². The largest absolute Gasteiger partial charge is 0.338 e. The minimum Gasteiger partial charge on any atom is -0.338 e. The molecule has 0 aliphatic rings. The molecule has 0 aliphatic carbocycles. The Kier molecular flexibility index (Phi) is 6.54. The molecule has 1 aromatic carbocycles. The molecule has 18 heavy (non-hydrogen) atoms. The molecule has 4 nitrogen and oxygen atoms in total. The van der Waals surface area contributed by atoms with Gasteiger partial charge in [-0.3, -0.25) is 0 Å². The number of amides is 2. The van der Waals surface area contributed by atoms with Crippen molar-refractivity contribution in [3.63, 3.8) is 0 Å². The molecular weight excluding hydrogens is 250 g/mol. The first kappa shape index (κ1) is 14.8. The zero-order chi connectivity index (χ0) is 13.4. The number of urea groups is 1. The van der Waals surface area contributed by atoms with E-state index >= 15 is 0 Å². The zero-order valence-corrected chi connectivity index (χ0v) is 11.6. The molecule has 0 aromatic heterocycles. The quantitative estimate of drug-likeness (QED) is 0.780. The van der Waals surface area contributed by atoms with E-state index in [1.54, 1.807) is 12.1 Å². The minimum atomic E-state index is -0.215. The van der Waals surface area contributed by atoms with Crippen LogP contribution in [0.2, 0.25) is 5.02 Å². The molecule has 2 N–H and O–H groups in total. The zero-order valence-electron chi connectivity index (χ0n) is 10.9. The second-order valence-electron chi connectivity index (χ2n) is 4.37. The molecule has 1 aromatic rings. The lowest BCUT2D eigenvalue weighted by atomic mass is 10.3. The first-order chi connectivity index (χ1) is 8.59. The number of nitrogens with one attached hydrogen (secondary N) is 2. The first-order valence-electron chi connectivity index (χ1n) is 6.03. The van der Waals surface area contributed by atoms with Crippen LogP contribution in [0, 0.1) is 0 Å². The van der Waals surface area contributed by atoms with Gasteiger partial charge in [-0.2, -0.15) is 0 Å². The molecule has 0 atom stereocenters. The third-order valence-corrected chi connectivity index (χ3v) is 2.77. The summed E-state index contributed by atoms with van der Waals surface area (Å²) in [5.41, 5.74) is 0.630. The van der Waals surface area contributed by atoms with E-state index in [0.717, 1.165) is 19.4 Å². The third kappa shape index (κ3) is 5.89. The Bertz CT molecular complexity index is 382. The molecule has 5 heteroatoms. The van der Waals surface area contributed by atoms with Crippen molar-refractivity contribution in [2.24, 2.45) is 0 Å². The van der Waals surface area contributed by atoms with Crippen molar-refractivity contribution in [1.82, 2.24) is 10.2 Å². The Morgan fingerprint density at radius 1 is 1.28 bits per heavy atom. The molecule has 0 bridgehead atoms. The average Bonchev–Trinajstić information content (AvgIpc) is 2.31. The van der Waals surface area contributed by atoms with Crippen LogP contribution in [0.1, 0.15) is 12.8 Å². The van der Waals surface area contributed by atoms with Crippen molar-refractivity contribution < 1.29 is 4.79 Å². The summed E-state index contributed by atoms with van der Waals surface area (Å²) in [6.45, 7) is 1.71. The van der Waals surface area contributed by atoms with Gasteiger partial charge in [-0.05, 0) is 45.6 Å². The van der Waals surface area contributed by atoms with E-state index in [1.165, 1.54) is 0 Å². The van der Waals surface area contributed by atoms with Gasteiger partial charge in [-0.15, -0.1) is 0 Å². The molecule has 0 aliphatic heterocycles. The monoisotopic (exact) mass is 269 g/mol. The van der Waals surface area contributed by atoms with Gasteiger partial charge in [0.25, 0.3) is 0 Å². The predicted octanol–water partition coefficient (Wildman–Crippen LogP) is 2.80. The fraction of sp³-hybridized carbons (Fsp3) is 0.462. The minimum absolute atomic E-state index is 0.215. The van der Waals surface area contributed by atoms with E-state index in [9.17, 15) is 4.79 Å². The Hall–Kier alpha value is -1.26. The van der Waals surface area contributed by atoms with E-state index < -0.39 is 0 Å². The number of carbonyl (C=O) groups is 1. The van der Waals surface area contributed by atoms with Gasteiger partial charge in [0.1, 0.15) is 0 Å². The summed E-state index contributed by atoms with van der Waals surface area (Å²) in [4.78, 5) is 13.7. The fourth-order valence-electron chi connectivity index (χ4n) is 1.48. The number of nitrogens with zero attached hydrogens (tertiary/aromatic N) is 1. The SMILES string of the molecule is CN(C)CCCCNC(=O)Nc1ccccc1Cl. The number of hydrogen-bond donors (Lipinski definition) is 2. The number of anilines is 1. The molecule has 0 heterocycles. The number of halogens is 1. The molecule has 0 spiro atoms. The van der Waals surface area contributed by atoms with E-state index in [4.69, 9.17) is 11.6 Å². The molecule has 2 amide bonds. The highest BCUT2D eigenvalue weighted by molar-refractivity contribution is 6.33. The van der Waals surface area contributed by atoms with Crippen molar-refractivity contribution in [2.45, 2.75) is 12.8 Å². The summed E-state index contributed by atoms with van der Waals surface area (Å²) >= 11 is 5.94. The van der Waals surface area contributed by atoms with Crippen LogP contribution in [0.3, 0.4) is 0 Å².